The van der Waals surface area contributed by atoms with E-state index in [1.165, 1.54) is 12.2 Å². The molecule has 0 atom stereocenters. The van der Waals surface area contributed by atoms with Crippen LogP contribution in [0, 0.1) is 22.7 Å². The Morgan fingerprint density at radius 1 is 0.444 bits per heavy atom. The van der Waals surface area contributed by atoms with Gasteiger partial charge in [0.25, 0.3) is 0 Å². The predicted molar refractivity (Wildman–Crippen MR) is 231 cm³/mol. The van der Waals surface area contributed by atoms with Gasteiger partial charge in [-0.25, -0.2) is 4.57 Å². The summed E-state index contributed by atoms with van der Waals surface area (Å²) < 4.78 is 27.5. The van der Waals surface area contributed by atoms with E-state index < -0.39 is 8.25 Å². The molecule has 0 unspecified atom stereocenters. The van der Waals surface area contributed by atoms with Gasteiger partial charge in [0.1, 0.15) is 12.1 Å². The van der Waals surface area contributed by atoms with Crippen LogP contribution in [0.5, 0.6) is 0 Å². The van der Waals surface area contributed by atoms with Gasteiger partial charge in [-0.2, -0.15) is 10.5 Å². The highest BCUT2D eigenvalue weighted by Gasteiger charge is 2.15. The third-order valence-electron chi connectivity index (χ3n) is 7.84. The number of anilines is 6. The van der Waals surface area contributed by atoms with Gasteiger partial charge in [-0.1, -0.05) is 88.0 Å². The largest absolute Gasteiger partial charge is 0.420 e. The molecule has 0 amide bonds. The molecule has 0 aliphatic rings. The first-order valence-corrected chi connectivity index (χ1v) is 20.5. The van der Waals surface area contributed by atoms with Crippen molar-refractivity contribution in [3.05, 3.63) is 186 Å². The third kappa shape index (κ3) is 10.2. The van der Waals surface area contributed by atoms with Gasteiger partial charge in [0, 0.05) is 52.0 Å². The van der Waals surface area contributed by atoms with Crippen molar-refractivity contribution in [1.82, 2.24) is 0 Å². The average molecular weight is 986 g/mol. The lowest BCUT2D eigenvalue weighted by Gasteiger charge is -2.25. The van der Waals surface area contributed by atoms with E-state index in [1.54, 1.807) is 0 Å². The van der Waals surface area contributed by atoms with E-state index in [0.717, 1.165) is 52.0 Å². The van der Waals surface area contributed by atoms with Crippen LogP contribution in [0.25, 0.3) is 12.2 Å². The van der Waals surface area contributed by atoms with Crippen LogP contribution in [0.3, 0.4) is 0 Å². The number of rotatable bonds is 12. The van der Waals surface area contributed by atoms with Crippen LogP contribution in [0.15, 0.2) is 175 Å². The Hall–Kier alpha value is -4.87. The number of halogens is 4. The molecule has 6 aromatic carbocycles. The van der Waals surface area contributed by atoms with Gasteiger partial charge in [0.15, 0.2) is 0 Å². The smallest absolute Gasteiger partial charge is 0.407 e. The molecule has 0 saturated heterocycles. The van der Waals surface area contributed by atoms with Gasteiger partial charge in [-0.05, 0) is 145 Å². The Bertz CT molecular complexity index is 2130. The zero-order chi connectivity index (χ0) is 38.0. The third-order valence-corrected chi connectivity index (χ3v) is 10.7. The van der Waals surface area contributed by atoms with Crippen LogP contribution in [0.2, 0.25) is 0 Å². The maximum Gasteiger partial charge on any atom is 0.420 e. The summed E-state index contributed by atoms with van der Waals surface area (Å²) in [6.45, 7) is 0. The first-order valence-electron chi connectivity index (χ1n) is 16.1. The van der Waals surface area contributed by atoms with E-state index in [4.69, 9.17) is 9.05 Å². The highest BCUT2D eigenvalue weighted by Crippen LogP contribution is 2.38. The summed E-state index contributed by atoms with van der Waals surface area (Å²) in [5.41, 5.74) is 6.91. The lowest BCUT2D eigenvalue weighted by atomic mass is 10.1. The molecule has 266 valence electrons. The van der Waals surface area contributed by atoms with Gasteiger partial charge in [-0.15, -0.1) is 0 Å². The molecule has 54 heavy (non-hydrogen) atoms. The van der Waals surface area contributed by atoms with Crippen LogP contribution in [-0.2, 0) is 13.6 Å². The predicted octanol–water partition coefficient (Wildman–Crippen LogP) is 14.5. The van der Waals surface area contributed by atoms with Crippen molar-refractivity contribution in [3.63, 3.8) is 0 Å². The van der Waals surface area contributed by atoms with E-state index in [9.17, 15) is 15.1 Å². The summed E-state index contributed by atoms with van der Waals surface area (Å²) in [6, 6.07) is 50.8. The summed E-state index contributed by atoms with van der Waals surface area (Å²) in [6.07, 6.45) is 2.94. The molecule has 0 N–H and O–H groups in total. The van der Waals surface area contributed by atoms with Crippen LogP contribution in [0.1, 0.15) is 11.1 Å². The van der Waals surface area contributed by atoms with Crippen molar-refractivity contribution < 1.29 is 13.6 Å². The number of hydrogen-bond acceptors (Lipinski definition) is 7. The Balaban J connectivity index is 1.15. The van der Waals surface area contributed by atoms with Crippen LogP contribution in [-0.4, -0.2) is 0 Å². The molecule has 0 fully saturated rings. The summed E-state index contributed by atoms with van der Waals surface area (Å²) in [5, 5.41) is 19.6. The Labute approximate surface area is 347 Å². The zero-order valence-corrected chi connectivity index (χ0v) is 35.4. The van der Waals surface area contributed by atoms with Crippen LogP contribution < -0.4 is 9.80 Å². The number of benzene rings is 6. The first-order chi connectivity index (χ1) is 26.2. The second-order valence-corrected chi connectivity index (χ2v) is 16.0. The molecular weight excluding hydrogens is 959 g/mol. The fourth-order valence-corrected chi connectivity index (χ4v) is 7.03. The highest BCUT2D eigenvalue weighted by molar-refractivity contribution is 9.11. The molecule has 0 radical (unpaired) electrons. The van der Waals surface area contributed by atoms with Crippen molar-refractivity contribution in [2.45, 2.75) is 0 Å². The minimum Gasteiger partial charge on any atom is -0.407 e. The van der Waals surface area contributed by atoms with Gasteiger partial charge >= 0.3 is 8.25 Å². The highest BCUT2D eigenvalue weighted by atomic mass is 79.9. The topological polar surface area (TPSA) is 89.6 Å². The summed E-state index contributed by atoms with van der Waals surface area (Å²) in [4.78, 5) is 4.20. The molecule has 0 saturated carbocycles. The van der Waals surface area contributed by atoms with Crippen LogP contribution >= 0.6 is 72.0 Å². The molecule has 0 aliphatic heterocycles. The second kappa shape index (κ2) is 18.4. The van der Waals surface area contributed by atoms with Gasteiger partial charge in [0.05, 0.1) is 0 Å². The maximum atomic E-state index is 12.9. The maximum absolute atomic E-state index is 12.9. The first kappa shape index (κ1) is 38.8. The Morgan fingerprint density at radius 3 is 0.889 bits per heavy atom. The molecule has 12 heteroatoms. The van der Waals surface area contributed by atoms with Gasteiger partial charge in [0.2, 0.25) is 11.5 Å². The summed E-state index contributed by atoms with van der Waals surface area (Å²) in [7, 11) is -3.31. The molecule has 0 bridgehead atoms. The Morgan fingerprint density at radius 2 is 0.667 bits per heavy atom. The average Bonchev–Trinajstić information content (AvgIpc) is 3.18. The number of hydrogen-bond donors (Lipinski definition) is 0. The molecule has 0 aliphatic carbocycles. The van der Waals surface area contributed by atoms with Crippen molar-refractivity contribution in [2.75, 3.05) is 9.80 Å². The summed E-state index contributed by atoms with van der Waals surface area (Å²) in [5.74, 6) is -0.432. The quantitative estimate of drug-likeness (QED) is 0.0685. The number of nitriles is 2. The molecule has 0 aromatic heterocycles. The van der Waals surface area contributed by atoms with E-state index in [-0.39, 0.29) is 11.5 Å². The van der Waals surface area contributed by atoms with Crippen molar-refractivity contribution >= 4 is 118 Å². The normalized spacial score (nSPS) is 11.9. The minimum atomic E-state index is -3.31. The number of allylic oxidation sites excluding steroid dienone is 2. The summed E-state index contributed by atoms with van der Waals surface area (Å²) >= 11 is 14.0. The lowest BCUT2D eigenvalue weighted by molar-refractivity contribution is 0.335. The molecule has 6 aromatic rings. The van der Waals surface area contributed by atoms with Gasteiger partial charge in [-0.3, -0.25) is 0 Å². The fraction of sp³-hybridized carbons (Fsp3) is 0. The van der Waals surface area contributed by atoms with E-state index in [1.807, 2.05) is 158 Å². The molecule has 0 spiro atoms. The van der Waals surface area contributed by atoms with E-state index in [0.29, 0.717) is 11.1 Å². The SMILES string of the molecule is N#CC(=Cc1ccc(N(c2ccc(Br)cc2)c2ccc(Br)cc2)cc1)O[PH](=O)OC(C#N)=Cc1ccc(N(c2ccc(Br)cc2)c2ccc(Br)cc2)cc1. The lowest BCUT2D eigenvalue weighted by Crippen LogP contribution is -2.09. The van der Waals surface area contributed by atoms with Crippen molar-refractivity contribution in [2.24, 2.45) is 0 Å². The van der Waals surface area contributed by atoms with Crippen LogP contribution in [0.4, 0.5) is 34.1 Å². The molecule has 7 nitrogen and oxygen atoms in total. The molecule has 6 rings (SSSR count). The minimum absolute atomic E-state index is 0.216. The van der Waals surface area contributed by atoms with Crippen molar-refractivity contribution in [3.8, 4) is 12.1 Å². The monoisotopic (exact) mass is 982 g/mol. The van der Waals surface area contributed by atoms with Gasteiger partial charge < -0.3 is 18.8 Å². The second-order valence-electron chi connectivity index (χ2n) is 11.5. The van der Waals surface area contributed by atoms with Crippen molar-refractivity contribution in [1.29, 1.82) is 10.5 Å². The standard InChI is InChI=1S/C42H27Br4N4O3P/c43-31-5-17-37(18-6-31)49(38-19-7-32(44)8-20-38)35-13-1-29(2-14-35)25-41(27-47)52-54(51)53-42(28-48)26-30-3-15-36(16-4-30)50(39-21-9-33(45)10-22-39)40-23-11-34(46)12-24-40/h1-26,54H. The zero-order valence-electron chi connectivity index (χ0n) is 28.0. The van der Waals surface area contributed by atoms with E-state index in [2.05, 4.69) is 73.5 Å². The fourth-order valence-electron chi connectivity index (χ4n) is 5.37. The van der Waals surface area contributed by atoms with E-state index >= 15 is 0 Å². The molecular formula is C42H27Br4N4O3P. The Kier molecular flexibility index (Phi) is 13.3. The number of nitrogens with zero attached hydrogens (tertiary/aromatic N) is 4. The molecule has 0 heterocycles.